The fraction of sp³-hybridized carbons (Fsp3) is 0.185. The molecule has 0 aliphatic carbocycles. The third-order valence-electron chi connectivity index (χ3n) is 5.54. The van der Waals surface area contributed by atoms with Gasteiger partial charge in [-0.15, -0.1) is 0 Å². The molecule has 0 atom stereocenters. The molecule has 0 radical (unpaired) electrons. The molecule has 1 aromatic heterocycles. The van der Waals surface area contributed by atoms with Gasteiger partial charge in [0, 0.05) is 17.7 Å². The number of nitrogens with zero attached hydrogens (tertiary/aromatic N) is 1. The number of rotatable bonds is 8. The highest BCUT2D eigenvalue weighted by molar-refractivity contribution is 7.90. The van der Waals surface area contributed by atoms with E-state index in [4.69, 9.17) is 4.42 Å². The highest BCUT2D eigenvalue weighted by Gasteiger charge is 2.21. The van der Waals surface area contributed by atoms with E-state index in [9.17, 15) is 13.2 Å². The van der Waals surface area contributed by atoms with Gasteiger partial charge in [0.2, 0.25) is 5.89 Å². The fourth-order valence-corrected chi connectivity index (χ4v) is 4.87. The Morgan fingerprint density at radius 3 is 2.26 bits per heavy atom. The van der Waals surface area contributed by atoms with E-state index in [1.165, 1.54) is 0 Å². The molecule has 0 aliphatic heterocycles. The highest BCUT2D eigenvalue weighted by Crippen LogP contribution is 2.25. The van der Waals surface area contributed by atoms with Crippen molar-refractivity contribution in [3.63, 3.8) is 0 Å². The molecule has 4 rings (SSSR count). The number of oxazole rings is 1. The van der Waals surface area contributed by atoms with Gasteiger partial charge in [0.05, 0.1) is 10.6 Å². The molecule has 0 saturated carbocycles. The lowest BCUT2D eigenvalue weighted by Crippen LogP contribution is -2.25. The maximum atomic E-state index is 12.8. The SMILES string of the molecule is Cc1ccc(S(=O)(=O)Cc2nc(-c3ccc(C(=O)NCCc4ccccc4)cc3)oc2C)cc1. The molecular weight excluding hydrogens is 448 g/mol. The lowest BCUT2D eigenvalue weighted by molar-refractivity contribution is 0.0954. The first-order chi connectivity index (χ1) is 16.3. The van der Waals surface area contributed by atoms with Gasteiger partial charge in [0.1, 0.15) is 11.5 Å². The molecule has 6 nitrogen and oxygen atoms in total. The van der Waals surface area contributed by atoms with Crippen LogP contribution in [0.25, 0.3) is 11.5 Å². The minimum absolute atomic E-state index is 0.157. The van der Waals surface area contributed by atoms with Gasteiger partial charge in [-0.05, 0) is 62.2 Å². The van der Waals surface area contributed by atoms with E-state index >= 15 is 0 Å². The number of benzene rings is 3. The lowest BCUT2D eigenvalue weighted by Gasteiger charge is -2.06. The van der Waals surface area contributed by atoms with E-state index < -0.39 is 9.84 Å². The third kappa shape index (κ3) is 5.61. The molecule has 174 valence electrons. The van der Waals surface area contributed by atoms with Crippen LogP contribution in [-0.2, 0) is 22.0 Å². The van der Waals surface area contributed by atoms with Crippen LogP contribution < -0.4 is 5.32 Å². The summed E-state index contributed by atoms with van der Waals surface area (Å²) in [6.07, 6.45) is 0.758. The molecule has 3 aromatic carbocycles. The predicted octanol–water partition coefficient (Wildman–Crippen LogP) is 4.90. The van der Waals surface area contributed by atoms with Crippen LogP contribution in [0.4, 0.5) is 0 Å². The van der Waals surface area contributed by atoms with Gasteiger partial charge in [-0.1, -0.05) is 48.0 Å². The summed E-state index contributed by atoms with van der Waals surface area (Å²) in [5.41, 5.74) is 3.73. The van der Waals surface area contributed by atoms with Crippen LogP contribution in [0, 0.1) is 13.8 Å². The van der Waals surface area contributed by atoms with Crippen LogP contribution in [0.3, 0.4) is 0 Å². The van der Waals surface area contributed by atoms with E-state index in [-0.39, 0.29) is 16.6 Å². The first-order valence-corrected chi connectivity index (χ1v) is 12.7. The molecule has 7 heteroatoms. The van der Waals surface area contributed by atoms with Crippen LogP contribution in [-0.4, -0.2) is 25.9 Å². The first kappa shape index (κ1) is 23.4. The molecule has 0 spiro atoms. The summed E-state index contributed by atoms with van der Waals surface area (Å²) >= 11 is 0. The summed E-state index contributed by atoms with van der Waals surface area (Å²) in [5.74, 6) is 0.375. The molecule has 1 heterocycles. The smallest absolute Gasteiger partial charge is 0.251 e. The van der Waals surface area contributed by atoms with E-state index in [1.807, 2.05) is 37.3 Å². The molecule has 0 saturated heterocycles. The molecule has 0 unspecified atom stereocenters. The maximum absolute atomic E-state index is 12.8. The van der Waals surface area contributed by atoms with E-state index in [0.717, 1.165) is 17.5 Å². The van der Waals surface area contributed by atoms with E-state index in [2.05, 4.69) is 10.3 Å². The Kier molecular flexibility index (Phi) is 6.93. The van der Waals surface area contributed by atoms with Crippen LogP contribution in [0.15, 0.2) is 88.2 Å². The monoisotopic (exact) mass is 474 g/mol. The molecular formula is C27H26N2O4S. The standard InChI is InChI=1S/C27H26N2O4S/c1-19-8-14-24(15-9-19)34(31,32)18-25-20(2)33-27(29-25)23-12-10-22(11-13-23)26(30)28-17-16-21-6-4-3-5-7-21/h3-15H,16-18H2,1-2H3,(H,28,30). The van der Waals surface area contributed by atoms with Gasteiger partial charge >= 0.3 is 0 Å². The second kappa shape index (κ2) is 10.1. The van der Waals surface area contributed by atoms with Gasteiger partial charge in [0.15, 0.2) is 9.84 Å². The maximum Gasteiger partial charge on any atom is 0.251 e. The quantitative estimate of drug-likeness (QED) is 0.392. The molecule has 1 N–H and O–H groups in total. The summed E-state index contributed by atoms with van der Waals surface area (Å²) in [4.78, 5) is 17.1. The first-order valence-electron chi connectivity index (χ1n) is 11.0. The number of carbonyl (C=O) groups is 1. The predicted molar refractivity (Wildman–Crippen MR) is 131 cm³/mol. The van der Waals surface area contributed by atoms with Crippen molar-refractivity contribution in [1.29, 1.82) is 0 Å². The van der Waals surface area contributed by atoms with Crippen molar-refractivity contribution in [2.75, 3.05) is 6.54 Å². The topological polar surface area (TPSA) is 89.3 Å². The van der Waals surface area contributed by atoms with Crippen molar-refractivity contribution in [3.8, 4) is 11.5 Å². The Morgan fingerprint density at radius 2 is 1.59 bits per heavy atom. The summed E-state index contributed by atoms with van der Waals surface area (Å²) in [6, 6.07) is 23.6. The molecule has 0 fully saturated rings. The minimum atomic E-state index is -3.54. The molecule has 4 aromatic rings. The van der Waals surface area contributed by atoms with Crippen molar-refractivity contribution in [1.82, 2.24) is 10.3 Å². The zero-order chi connectivity index (χ0) is 24.1. The summed E-state index contributed by atoms with van der Waals surface area (Å²) < 4.78 is 31.3. The Balaban J connectivity index is 1.41. The van der Waals surface area contributed by atoms with Gasteiger partial charge < -0.3 is 9.73 Å². The summed E-state index contributed by atoms with van der Waals surface area (Å²) in [6.45, 7) is 4.15. The Hall–Kier alpha value is -3.71. The lowest BCUT2D eigenvalue weighted by atomic mass is 10.1. The van der Waals surface area contributed by atoms with Crippen molar-refractivity contribution in [2.45, 2.75) is 30.9 Å². The average molecular weight is 475 g/mol. The minimum Gasteiger partial charge on any atom is -0.441 e. The fourth-order valence-electron chi connectivity index (χ4n) is 3.53. The molecule has 34 heavy (non-hydrogen) atoms. The van der Waals surface area contributed by atoms with Crippen LogP contribution in [0.5, 0.6) is 0 Å². The van der Waals surface area contributed by atoms with Gasteiger partial charge in [-0.3, -0.25) is 4.79 Å². The zero-order valence-corrected chi connectivity index (χ0v) is 19.9. The third-order valence-corrected chi connectivity index (χ3v) is 7.18. The van der Waals surface area contributed by atoms with Gasteiger partial charge in [-0.2, -0.15) is 0 Å². The number of hydrogen-bond acceptors (Lipinski definition) is 5. The normalized spacial score (nSPS) is 11.4. The largest absolute Gasteiger partial charge is 0.441 e. The number of amides is 1. The van der Waals surface area contributed by atoms with Crippen molar-refractivity contribution in [3.05, 3.63) is 107 Å². The summed E-state index contributed by atoms with van der Waals surface area (Å²) in [7, 11) is -3.54. The number of hydrogen-bond donors (Lipinski definition) is 1. The number of carbonyl (C=O) groups excluding carboxylic acids is 1. The average Bonchev–Trinajstić information content (AvgIpc) is 3.19. The molecule has 1 amide bonds. The highest BCUT2D eigenvalue weighted by atomic mass is 32.2. The van der Waals surface area contributed by atoms with Crippen molar-refractivity contribution >= 4 is 15.7 Å². The number of aromatic nitrogens is 1. The number of nitrogens with one attached hydrogen (secondary N) is 1. The Morgan fingerprint density at radius 1 is 0.912 bits per heavy atom. The second-order valence-corrected chi connectivity index (χ2v) is 10.2. The Bertz CT molecular complexity index is 1380. The van der Waals surface area contributed by atoms with E-state index in [0.29, 0.717) is 35.0 Å². The van der Waals surface area contributed by atoms with Crippen LogP contribution >= 0.6 is 0 Å². The van der Waals surface area contributed by atoms with Crippen molar-refractivity contribution in [2.24, 2.45) is 0 Å². The van der Waals surface area contributed by atoms with Crippen molar-refractivity contribution < 1.29 is 17.6 Å². The van der Waals surface area contributed by atoms with Gasteiger partial charge in [-0.25, -0.2) is 13.4 Å². The van der Waals surface area contributed by atoms with E-state index in [1.54, 1.807) is 55.5 Å². The summed E-state index contributed by atoms with van der Waals surface area (Å²) in [5, 5.41) is 2.92. The Labute approximate surface area is 199 Å². The molecule has 0 aliphatic rings. The van der Waals surface area contributed by atoms with Crippen LogP contribution in [0.2, 0.25) is 0 Å². The van der Waals surface area contributed by atoms with Gasteiger partial charge in [0.25, 0.3) is 5.91 Å². The second-order valence-electron chi connectivity index (χ2n) is 8.16. The number of sulfone groups is 1. The zero-order valence-electron chi connectivity index (χ0n) is 19.1. The molecule has 0 bridgehead atoms. The number of aryl methyl sites for hydroxylation is 2. The van der Waals surface area contributed by atoms with Crippen LogP contribution in [0.1, 0.15) is 32.9 Å².